The summed E-state index contributed by atoms with van der Waals surface area (Å²) in [6, 6.07) is 18.8. The molecule has 1 aromatic heterocycles. The van der Waals surface area contributed by atoms with E-state index in [4.69, 9.17) is 4.74 Å². The van der Waals surface area contributed by atoms with Gasteiger partial charge in [0.15, 0.2) is 11.0 Å². The molecule has 0 unspecified atom stereocenters. The van der Waals surface area contributed by atoms with Crippen LogP contribution in [-0.2, 0) is 0 Å². The molecule has 1 N–H and O–H groups in total. The monoisotopic (exact) mass is 676 g/mol. The van der Waals surface area contributed by atoms with Crippen LogP contribution in [0.1, 0.15) is 56.6 Å². The Morgan fingerprint density at radius 3 is 2.42 bits per heavy atom. The number of amides is 2. The first-order valence-electron chi connectivity index (χ1n) is 15.7. The molecule has 4 aromatic rings. The number of allylic oxidation sites excluding steroid dienone is 2. The maximum atomic E-state index is 13.3. The molecule has 0 saturated carbocycles. The van der Waals surface area contributed by atoms with E-state index in [1.807, 2.05) is 36.4 Å². The molecule has 2 heterocycles. The lowest BCUT2D eigenvalue weighted by Crippen LogP contribution is -2.36. The largest absolute Gasteiger partial charge is 0.573 e. The molecule has 0 spiro atoms. The molecule has 2 aliphatic rings. The average molecular weight is 677 g/mol. The zero-order valence-electron chi connectivity index (χ0n) is 26.8. The highest BCUT2D eigenvalue weighted by Gasteiger charge is 2.31. The highest BCUT2D eigenvalue weighted by atomic mass is 32.2. The van der Waals surface area contributed by atoms with Gasteiger partial charge in [0.2, 0.25) is 0 Å². The second-order valence-corrected chi connectivity index (χ2v) is 12.8. The van der Waals surface area contributed by atoms with E-state index in [2.05, 4.69) is 49.9 Å². The lowest BCUT2D eigenvalue weighted by atomic mass is 10.00. The van der Waals surface area contributed by atoms with Crippen LogP contribution in [0.15, 0.2) is 83.7 Å². The number of carbonyl (C=O) groups is 1. The number of benzene rings is 3. The molecule has 3 aromatic carbocycles. The zero-order chi connectivity index (χ0) is 33.8. The van der Waals surface area contributed by atoms with Gasteiger partial charge in [0.05, 0.1) is 12.8 Å². The number of urea groups is 1. The number of aromatic nitrogens is 3. The zero-order valence-corrected chi connectivity index (χ0v) is 27.6. The maximum absolute atomic E-state index is 13.3. The standard InChI is InChI=1S/C35H35F3N6O3S/c1-22(2)29-20-27(46-3)16-17-31(29)43-18-5-19-48-34(43)41-33(45)40-30-7-4-6-28(30)23-8-10-24(11-9-23)32-39-21-44(42-32)25-12-14-26(15-13-25)47-35(36,37)38/h8-17,20-22H,4-7,18-19H2,1-3H3,(H,40,45). The number of methoxy groups -OCH3 is 1. The Kier molecular flexibility index (Phi) is 9.76. The fourth-order valence-corrected chi connectivity index (χ4v) is 6.78. The molecule has 1 aliphatic carbocycles. The highest BCUT2D eigenvalue weighted by Crippen LogP contribution is 2.36. The molecular weight excluding hydrogens is 641 g/mol. The molecule has 0 atom stereocenters. The van der Waals surface area contributed by atoms with Crippen molar-refractivity contribution >= 4 is 34.2 Å². The van der Waals surface area contributed by atoms with Crippen LogP contribution in [0.25, 0.3) is 22.6 Å². The van der Waals surface area contributed by atoms with E-state index in [0.29, 0.717) is 16.7 Å². The predicted molar refractivity (Wildman–Crippen MR) is 182 cm³/mol. The third-order valence-electron chi connectivity index (χ3n) is 8.13. The summed E-state index contributed by atoms with van der Waals surface area (Å²) in [5.41, 5.74) is 6.44. The Hall–Kier alpha value is -4.78. The van der Waals surface area contributed by atoms with Crippen molar-refractivity contribution in [2.24, 2.45) is 4.99 Å². The first kappa shape index (κ1) is 33.1. The molecular formula is C35H35F3N6O3S. The summed E-state index contributed by atoms with van der Waals surface area (Å²) in [4.78, 5) is 24.4. The van der Waals surface area contributed by atoms with E-state index < -0.39 is 6.36 Å². The van der Waals surface area contributed by atoms with Crippen LogP contribution in [0.5, 0.6) is 11.5 Å². The summed E-state index contributed by atoms with van der Waals surface area (Å²) >= 11 is 1.59. The van der Waals surface area contributed by atoms with Gasteiger partial charge in [-0.25, -0.2) is 14.5 Å². The van der Waals surface area contributed by atoms with Crippen molar-refractivity contribution in [1.29, 1.82) is 0 Å². The number of halogens is 3. The van der Waals surface area contributed by atoms with Gasteiger partial charge in [-0.3, -0.25) is 0 Å². The van der Waals surface area contributed by atoms with Crippen LogP contribution < -0.4 is 19.7 Å². The quantitative estimate of drug-likeness (QED) is 0.200. The Labute approximate surface area is 280 Å². The summed E-state index contributed by atoms with van der Waals surface area (Å²) in [5, 5.41) is 8.26. The van der Waals surface area contributed by atoms with Crippen molar-refractivity contribution in [3.8, 4) is 28.6 Å². The van der Waals surface area contributed by atoms with Crippen LogP contribution in [0, 0.1) is 0 Å². The lowest BCUT2D eigenvalue weighted by molar-refractivity contribution is -0.274. The van der Waals surface area contributed by atoms with E-state index in [0.717, 1.165) is 77.4 Å². The van der Waals surface area contributed by atoms with Crippen LogP contribution in [0.4, 0.5) is 23.7 Å². The summed E-state index contributed by atoms with van der Waals surface area (Å²) < 4.78 is 48.3. The summed E-state index contributed by atoms with van der Waals surface area (Å²) in [5.74, 6) is 2.12. The minimum absolute atomic E-state index is 0.267. The number of hydrogen-bond donors (Lipinski definition) is 1. The number of hydrogen-bond acceptors (Lipinski definition) is 6. The lowest BCUT2D eigenvalue weighted by Gasteiger charge is -2.32. The first-order valence-corrected chi connectivity index (χ1v) is 16.6. The third-order valence-corrected chi connectivity index (χ3v) is 9.19. The van der Waals surface area contributed by atoms with Crippen molar-refractivity contribution in [2.45, 2.75) is 51.8 Å². The number of rotatable bonds is 8. The molecule has 1 saturated heterocycles. The van der Waals surface area contributed by atoms with Gasteiger partial charge in [-0.05, 0) is 90.8 Å². The molecule has 1 aliphatic heterocycles. The second-order valence-electron chi connectivity index (χ2n) is 11.7. The number of amidine groups is 1. The summed E-state index contributed by atoms with van der Waals surface area (Å²) in [6.45, 7) is 5.07. The Morgan fingerprint density at radius 2 is 1.71 bits per heavy atom. The molecule has 1 fully saturated rings. The van der Waals surface area contributed by atoms with E-state index in [-0.39, 0.29) is 17.7 Å². The van der Waals surface area contributed by atoms with Gasteiger partial charge in [0.1, 0.15) is 17.8 Å². The molecule has 0 radical (unpaired) electrons. The number of aliphatic imine (C=N–C) groups is 1. The van der Waals surface area contributed by atoms with Crippen LogP contribution in [-0.4, -0.2) is 51.7 Å². The minimum Gasteiger partial charge on any atom is -0.497 e. The molecule has 2 amide bonds. The summed E-state index contributed by atoms with van der Waals surface area (Å²) in [7, 11) is 1.66. The van der Waals surface area contributed by atoms with Gasteiger partial charge in [-0.1, -0.05) is 49.9 Å². The minimum atomic E-state index is -4.75. The Bertz CT molecular complexity index is 1840. The van der Waals surface area contributed by atoms with Gasteiger partial charge < -0.3 is 19.7 Å². The van der Waals surface area contributed by atoms with Crippen molar-refractivity contribution in [1.82, 2.24) is 20.1 Å². The molecule has 250 valence electrons. The summed E-state index contributed by atoms with van der Waals surface area (Å²) in [6.07, 6.45) is 0.240. The van der Waals surface area contributed by atoms with Gasteiger partial charge in [-0.2, -0.15) is 4.99 Å². The van der Waals surface area contributed by atoms with E-state index in [1.165, 1.54) is 35.3 Å². The number of anilines is 1. The molecule has 6 rings (SSSR count). The third kappa shape index (κ3) is 7.67. The highest BCUT2D eigenvalue weighted by molar-refractivity contribution is 8.14. The van der Waals surface area contributed by atoms with E-state index >= 15 is 0 Å². The number of nitrogens with one attached hydrogen (secondary N) is 1. The fourth-order valence-electron chi connectivity index (χ4n) is 5.83. The van der Waals surface area contributed by atoms with Crippen LogP contribution in [0.2, 0.25) is 0 Å². The van der Waals surface area contributed by atoms with E-state index in [9.17, 15) is 18.0 Å². The van der Waals surface area contributed by atoms with Gasteiger partial charge >= 0.3 is 12.4 Å². The van der Waals surface area contributed by atoms with Gasteiger partial charge in [0.25, 0.3) is 0 Å². The van der Waals surface area contributed by atoms with Crippen LogP contribution >= 0.6 is 11.8 Å². The van der Waals surface area contributed by atoms with Crippen molar-refractivity contribution in [3.05, 3.63) is 89.9 Å². The Balaban J connectivity index is 1.16. The molecule has 48 heavy (non-hydrogen) atoms. The number of nitrogens with zero attached hydrogens (tertiary/aromatic N) is 5. The molecule has 13 heteroatoms. The topological polar surface area (TPSA) is 93.9 Å². The number of carbonyl (C=O) groups excluding carboxylic acids is 1. The normalized spacial score (nSPS) is 16.1. The van der Waals surface area contributed by atoms with Crippen molar-refractivity contribution in [3.63, 3.8) is 0 Å². The number of thioether (sulfide) groups is 1. The fraction of sp³-hybridized carbons (Fsp3) is 0.314. The number of ether oxygens (including phenoxy) is 2. The Morgan fingerprint density at radius 1 is 0.979 bits per heavy atom. The maximum Gasteiger partial charge on any atom is 0.573 e. The van der Waals surface area contributed by atoms with Crippen LogP contribution in [0.3, 0.4) is 0 Å². The second kappa shape index (κ2) is 14.1. The van der Waals surface area contributed by atoms with Gasteiger partial charge in [0, 0.05) is 29.2 Å². The molecule has 0 bridgehead atoms. The van der Waals surface area contributed by atoms with Gasteiger partial charge in [-0.15, -0.1) is 18.3 Å². The smallest absolute Gasteiger partial charge is 0.497 e. The molecule has 9 nitrogen and oxygen atoms in total. The SMILES string of the molecule is COc1ccc(N2CCCSC2=NC(=O)NC2=C(c3ccc(-c4ncn(-c5ccc(OC(F)(F)F)cc5)n4)cc3)CCC2)c(C(C)C)c1. The predicted octanol–water partition coefficient (Wildman–Crippen LogP) is 8.57. The van der Waals surface area contributed by atoms with E-state index in [1.54, 1.807) is 18.9 Å². The van der Waals surface area contributed by atoms with Crippen molar-refractivity contribution in [2.75, 3.05) is 24.3 Å². The number of alkyl halides is 3. The first-order chi connectivity index (χ1) is 23.1. The van der Waals surface area contributed by atoms with Crippen molar-refractivity contribution < 1.29 is 27.4 Å². The average Bonchev–Trinajstić information content (AvgIpc) is 3.75.